The molecule has 2 N–H and O–H groups in total. The van der Waals surface area contributed by atoms with Crippen molar-refractivity contribution in [2.45, 2.75) is 4.90 Å². The van der Waals surface area contributed by atoms with Gasteiger partial charge in [0.05, 0.1) is 34.2 Å². The molecule has 166 valence electrons. The highest BCUT2D eigenvalue weighted by atomic mass is 35.5. The summed E-state index contributed by atoms with van der Waals surface area (Å²) >= 11 is 5.97. The van der Waals surface area contributed by atoms with Gasteiger partial charge in [0, 0.05) is 29.4 Å². The number of halogens is 1. The molecule has 0 amide bonds. The van der Waals surface area contributed by atoms with Crippen LogP contribution in [0.5, 0.6) is 0 Å². The normalized spacial score (nSPS) is 11.7. The molecular weight excluding hydrogens is 466 g/mol. The molecule has 0 aliphatic carbocycles. The third kappa shape index (κ3) is 4.04. The van der Waals surface area contributed by atoms with Crippen LogP contribution in [0, 0.1) is 0 Å². The van der Waals surface area contributed by atoms with Gasteiger partial charge in [-0.25, -0.2) is 18.2 Å². The first-order valence-electron chi connectivity index (χ1n) is 9.60. The molecule has 5 aromatic rings. The van der Waals surface area contributed by atoms with Gasteiger partial charge in [-0.2, -0.15) is 15.2 Å². The lowest BCUT2D eigenvalue weighted by molar-refractivity contribution is 0.432. The maximum Gasteiger partial charge on any atom is 0.262 e. The first kappa shape index (κ1) is 21.1. The largest absolute Gasteiger partial charge is 0.333 e. The third-order valence-corrected chi connectivity index (χ3v) is 6.13. The molecule has 0 bridgehead atoms. The Morgan fingerprint density at radius 2 is 1.82 bits per heavy atom. The van der Waals surface area contributed by atoms with Crippen LogP contribution < -0.4 is 5.14 Å². The smallest absolute Gasteiger partial charge is 0.262 e. The van der Waals surface area contributed by atoms with Gasteiger partial charge in [-0.1, -0.05) is 28.9 Å². The molecule has 12 heteroatoms. The molecule has 3 heterocycles. The topological polar surface area (TPSA) is 135 Å². The molecule has 0 fully saturated rings. The van der Waals surface area contributed by atoms with E-state index in [9.17, 15) is 8.42 Å². The average Bonchev–Trinajstić information content (AvgIpc) is 3.53. The summed E-state index contributed by atoms with van der Waals surface area (Å²) in [7, 11) is -2.06. The second-order valence-corrected chi connectivity index (χ2v) is 9.17. The molecule has 0 saturated heterocycles. The van der Waals surface area contributed by atoms with Crippen molar-refractivity contribution in [3.05, 3.63) is 72.1 Å². The molecule has 10 nitrogen and oxygen atoms in total. The van der Waals surface area contributed by atoms with Gasteiger partial charge in [-0.05, 0) is 36.4 Å². The van der Waals surface area contributed by atoms with Gasteiger partial charge >= 0.3 is 0 Å². The van der Waals surface area contributed by atoms with E-state index < -0.39 is 10.0 Å². The van der Waals surface area contributed by atoms with Crippen molar-refractivity contribution in [2.24, 2.45) is 12.2 Å². The fraction of sp³-hybridized carbons (Fsp3) is 0.0476. The third-order valence-electron chi connectivity index (χ3n) is 4.96. The Morgan fingerprint density at radius 3 is 2.58 bits per heavy atom. The van der Waals surface area contributed by atoms with Crippen LogP contribution in [0.3, 0.4) is 0 Å². The lowest BCUT2D eigenvalue weighted by Crippen LogP contribution is -2.11. The quantitative estimate of drug-likeness (QED) is 0.407. The molecular formula is C21H16ClN7O3S. The van der Waals surface area contributed by atoms with Crippen LogP contribution in [-0.4, -0.2) is 38.1 Å². The SMILES string of the molecule is Cn1ncc(-c2nc(-c3cccc(S(N)(=O)=O)c3)no2)c1-c1cnn(-c2ccc(Cl)cc2)c1. The van der Waals surface area contributed by atoms with Gasteiger partial charge in [0.1, 0.15) is 0 Å². The predicted molar refractivity (Wildman–Crippen MR) is 121 cm³/mol. The van der Waals surface area contributed by atoms with E-state index in [-0.39, 0.29) is 16.6 Å². The zero-order valence-electron chi connectivity index (χ0n) is 17.1. The minimum atomic E-state index is -3.86. The predicted octanol–water partition coefficient (Wildman–Crippen LogP) is 3.29. The zero-order chi connectivity index (χ0) is 23.2. The molecule has 33 heavy (non-hydrogen) atoms. The van der Waals surface area contributed by atoms with Gasteiger partial charge in [0.15, 0.2) is 0 Å². The zero-order valence-corrected chi connectivity index (χ0v) is 18.7. The first-order chi connectivity index (χ1) is 15.8. The number of hydrogen-bond acceptors (Lipinski definition) is 7. The summed E-state index contributed by atoms with van der Waals surface area (Å²) in [5.41, 5.74) is 3.43. The Hall–Kier alpha value is -3.80. The van der Waals surface area contributed by atoms with Crippen molar-refractivity contribution in [2.75, 3.05) is 0 Å². The number of sulfonamides is 1. The van der Waals surface area contributed by atoms with Crippen molar-refractivity contribution >= 4 is 21.6 Å². The lowest BCUT2D eigenvalue weighted by atomic mass is 10.1. The van der Waals surface area contributed by atoms with Gasteiger partial charge in [-0.15, -0.1) is 0 Å². The van der Waals surface area contributed by atoms with E-state index in [4.69, 9.17) is 21.3 Å². The van der Waals surface area contributed by atoms with E-state index in [1.807, 2.05) is 18.3 Å². The molecule has 0 aliphatic heterocycles. The van der Waals surface area contributed by atoms with Crippen LogP contribution in [0.2, 0.25) is 5.02 Å². The number of aryl methyl sites for hydroxylation is 1. The number of aromatic nitrogens is 6. The Labute approximate surface area is 193 Å². The number of rotatable bonds is 5. The number of nitrogens with two attached hydrogens (primary N) is 1. The van der Waals surface area contributed by atoms with Crippen LogP contribution in [0.25, 0.3) is 39.8 Å². The summed E-state index contributed by atoms with van der Waals surface area (Å²) in [6.07, 6.45) is 5.19. The second kappa shape index (κ2) is 7.96. The van der Waals surface area contributed by atoms with Crippen LogP contribution >= 0.6 is 11.6 Å². The standard InChI is InChI=1S/C21H16ClN7O3S/c1-28-19(14-10-25-29(12-14)16-7-5-15(22)6-8-16)18(11-24-28)21-26-20(27-32-21)13-3-2-4-17(9-13)33(23,30)31/h2-12H,1H3,(H2,23,30,31). The average molecular weight is 482 g/mol. The molecule has 0 atom stereocenters. The van der Waals surface area contributed by atoms with E-state index >= 15 is 0 Å². The van der Waals surface area contributed by atoms with Crippen LogP contribution in [-0.2, 0) is 17.1 Å². The van der Waals surface area contributed by atoms with Gasteiger partial charge in [0.2, 0.25) is 15.8 Å². The first-order valence-corrected chi connectivity index (χ1v) is 11.5. The fourth-order valence-corrected chi connectivity index (χ4v) is 4.06. The number of benzene rings is 2. The highest BCUT2D eigenvalue weighted by Crippen LogP contribution is 2.32. The molecule has 0 unspecified atom stereocenters. The Morgan fingerprint density at radius 1 is 1.03 bits per heavy atom. The van der Waals surface area contributed by atoms with Gasteiger partial charge in [0.25, 0.3) is 5.89 Å². The molecule has 0 saturated carbocycles. The van der Waals surface area contributed by atoms with E-state index in [0.717, 1.165) is 16.9 Å². The number of primary sulfonamides is 1. The van der Waals surface area contributed by atoms with Crippen molar-refractivity contribution in [3.63, 3.8) is 0 Å². The Kier molecular flexibility index (Phi) is 5.08. The highest BCUT2D eigenvalue weighted by molar-refractivity contribution is 7.89. The maximum atomic E-state index is 11.7. The number of nitrogens with zero attached hydrogens (tertiary/aromatic N) is 6. The van der Waals surface area contributed by atoms with Crippen molar-refractivity contribution < 1.29 is 12.9 Å². The van der Waals surface area contributed by atoms with Crippen molar-refractivity contribution in [1.82, 2.24) is 29.7 Å². The van der Waals surface area contributed by atoms with Crippen LogP contribution in [0.15, 0.2) is 76.5 Å². The van der Waals surface area contributed by atoms with E-state index in [0.29, 0.717) is 16.1 Å². The minimum Gasteiger partial charge on any atom is -0.333 e. The number of hydrogen-bond donors (Lipinski definition) is 1. The molecule has 0 spiro atoms. The minimum absolute atomic E-state index is 0.0389. The summed E-state index contributed by atoms with van der Waals surface area (Å²) in [6.45, 7) is 0. The summed E-state index contributed by atoms with van der Waals surface area (Å²) < 4.78 is 32.2. The second-order valence-electron chi connectivity index (χ2n) is 7.18. The molecule has 3 aromatic heterocycles. The fourth-order valence-electron chi connectivity index (χ4n) is 3.38. The van der Waals surface area contributed by atoms with Gasteiger partial charge < -0.3 is 4.52 Å². The Balaban J connectivity index is 1.52. The summed E-state index contributed by atoms with van der Waals surface area (Å²) in [5, 5.41) is 18.6. The van der Waals surface area contributed by atoms with Crippen LogP contribution in [0.1, 0.15) is 0 Å². The van der Waals surface area contributed by atoms with Crippen LogP contribution in [0.4, 0.5) is 0 Å². The van der Waals surface area contributed by atoms with E-state index in [2.05, 4.69) is 20.3 Å². The lowest BCUT2D eigenvalue weighted by Gasteiger charge is -2.02. The van der Waals surface area contributed by atoms with E-state index in [1.165, 1.54) is 12.1 Å². The van der Waals surface area contributed by atoms with Crippen molar-refractivity contribution in [3.8, 4) is 39.8 Å². The maximum absolute atomic E-state index is 11.7. The summed E-state index contributed by atoms with van der Waals surface area (Å²) in [4.78, 5) is 4.40. The summed E-state index contributed by atoms with van der Waals surface area (Å²) in [6, 6.07) is 13.3. The molecule has 2 aromatic carbocycles. The molecule has 5 rings (SSSR count). The Bertz CT molecular complexity index is 1570. The monoisotopic (exact) mass is 481 g/mol. The van der Waals surface area contributed by atoms with E-state index in [1.54, 1.807) is 53.1 Å². The van der Waals surface area contributed by atoms with Gasteiger partial charge in [-0.3, -0.25) is 4.68 Å². The molecule has 0 radical (unpaired) electrons. The van der Waals surface area contributed by atoms with Crippen molar-refractivity contribution in [1.29, 1.82) is 0 Å². The summed E-state index contributed by atoms with van der Waals surface area (Å²) in [5.74, 6) is 0.454. The molecule has 0 aliphatic rings. The highest BCUT2D eigenvalue weighted by Gasteiger charge is 2.21.